The first kappa shape index (κ1) is 26.2. The average Bonchev–Trinajstić information content (AvgIpc) is 2.66. The highest BCUT2D eigenvalue weighted by molar-refractivity contribution is 5.73. The van der Waals surface area contributed by atoms with Crippen LogP contribution in [0.15, 0.2) is 0 Å². The van der Waals surface area contributed by atoms with Crippen LogP contribution in [-0.4, -0.2) is 104 Å². The van der Waals surface area contributed by atoms with E-state index in [1.807, 2.05) is 20.8 Å². The van der Waals surface area contributed by atoms with Crippen LogP contribution in [-0.2, 0) is 28.5 Å². The Bertz CT molecular complexity index is 479. The Morgan fingerprint density at radius 3 is 2.28 bits per heavy atom. The Kier molecular flexibility index (Phi) is 11.5. The number of aliphatic hydroxyl groups excluding tert-OH is 3. The van der Waals surface area contributed by atoms with Gasteiger partial charge in [0, 0.05) is 21.1 Å². The van der Waals surface area contributed by atoms with E-state index in [9.17, 15) is 20.1 Å². The second-order valence-corrected chi connectivity index (χ2v) is 7.63. The minimum absolute atomic E-state index is 0.00400. The molecule has 1 aliphatic rings. The first-order chi connectivity index (χ1) is 13.7. The van der Waals surface area contributed by atoms with Gasteiger partial charge >= 0.3 is 0 Å². The summed E-state index contributed by atoms with van der Waals surface area (Å²) in [4.78, 5) is 11.7. The summed E-state index contributed by atoms with van der Waals surface area (Å²) in [7, 11) is 2.95. The van der Waals surface area contributed by atoms with Crippen molar-refractivity contribution in [2.45, 2.75) is 76.7 Å². The fourth-order valence-corrected chi connectivity index (χ4v) is 3.12. The summed E-state index contributed by atoms with van der Waals surface area (Å²) in [6.45, 7) is 7.17. The highest BCUT2D eigenvalue weighted by Crippen LogP contribution is 2.24. The number of amides is 1. The molecule has 7 unspecified atom stereocenters. The van der Waals surface area contributed by atoms with Gasteiger partial charge in [-0.05, 0) is 12.8 Å². The number of rotatable bonds is 12. The molecule has 0 radical (unpaired) electrons. The molecule has 8 atom stereocenters. The molecular weight excluding hydrogens is 386 g/mol. The maximum Gasteiger partial charge on any atom is 0.217 e. The lowest BCUT2D eigenvalue weighted by Gasteiger charge is -2.41. The minimum Gasteiger partial charge on any atom is -0.394 e. The Balaban J connectivity index is 2.82. The van der Waals surface area contributed by atoms with Gasteiger partial charge in [-0.3, -0.25) is 4.79 Å². The van der Waals surface area contributed by atoms with E-state index >= 15 is 0 Å². The maximum atomic E-state index is 11.7. The molecule has 1 heterocycles. The molecule has 10 nitrogen and oxygen atoms in total. The maximum absolute atomic E-state index is 11.7. The SMILES string of the molecule is COCC(OC(C)[C@H](COC1OC(CO)C(O)C(O)C1OC)NC(C)=O)C(C)C. The second-order valence-electron chi connectivity index (χ2n) is 7.63. The van der Waals surface area contributed by atoms with Gasteiger partial charge in [-0.15, -0.1) is 0 Å². The lowest BCUT2D eigenvalue weighted by atomic mass is 9.99. The van der Waals surface area contributed by atoms with Crippen molar-refractivity contribution in [1.29, 1.82) is 0 Å². The van der Waals surface area contributed by atoms with E-state index in [2.05, 4.69) is 5.32 Å². The monoisotopic (exact) mass is 423 g/mol. The molecule has 1 rings (SSSR count). The Morgan fingerprint density at radius 2 is 1.79 bits per heavy atom. The van der Waals surface area contributed by atoms with E-state index < -0.39 is 49.5 Å². The molecule has 172 valence electrons. The van der Waals surface area contributed by atoms with Crippen LogP contribution in [0.5, 0.6) is 0 Å². The van der Waals surface area contributed by atoms with Crippen molar-refractivity contribution in [2.75, 3.05) is 34.0 Å². The molecule has 29 heavy (non-hydrogen) atoms. The van der Waals surface area contributed by atoms with E-state index in [1.54, 1.807) is 7.11 Å². The van der Waals surface area contributed by atoms with Gasteiger partial charge in [0.1, 0.15) is 24.4 Å². The topological polar surface area (TPSA) is 136 Å². The summed E-state index contributed by atoms with van der Waals surface area (Å²) in [5.41, 5.74) is 0. The van der Waals surface area contributed by atoms with Crippen LogP contribution in [0.4, 0.5) is 0 Å². The standard InChI is InChI=1S/C19H37NO9/c1-10(2)15(9-25-5)28-11(3)13(20-12(4)22)8-27-19-18(26-6)17(24)16(23)14(7-21)29-19/h10-11,13-19,21,23-24H,7-9H2,1-6H3,(H,20,22)/t11?,13-,14?,15?,16?,17?,18?,19?/m0/s1. The smallest absolute Gasteiger partial charge is 0.217 e. The number of hydrogen-bond acceptors (Lipinski definition) is 9. The average molecular weight is 424 g/mol. The molecule has 0 aliphatic carbocycles. The first-order valence-electron chi connectivity index (χ1n) is 9.84. The van der Waals surface area contributed by atoms with Crippen LogP contribution in [0.25, 0.3) is 0 Å². The molecule has 0 aromatic carbocycles. The largest absolute Gasteiger partial charge is 0.394 e. The summed E-state index contributed by atoms with van der Waals surface area (Å²) < 4.78 is 27.8. The number of hydrogen-bond donors (Lipinski definition) is 4. The Hall–Kier alpha value is -0.850. The van der Waals surface area contributed by atoms with Gasteiger partial charge in [0.15, 0.2) is 6.29 Å². The predicted octanol–water partition coefficient (Wildman–Crippen LogP) is -0.962. The van der Waals surface area contributed by atoms with Gasteiger partial charge in [-0.2, -0.15) is 0 Å². The van der Waals surface area contributed by atoms with E-state index in [0.717, 1.165) is 0 Å². The van der Waals surface area contributed by atoms with Crippen molar-refractivity contribution in [1.82, 2.24) is 5.32 Å². The van der Waals surface area contributed by atoms with Crippen molar-refractivity contribution in [3.05, 3.63) is 0 Å². The number of methoxy groups -OCH3 is 2. The second kappa shape index (κ2) is 12.8. The number of carbonyl (C=O) groups excluding carboxylic acids is 1. The fraction of sp³-hybridized carbons (Fsp3) is 0.947. The third kappa shape index (κ3) is 7.72. The number of carbonyl (C=O) groups is 1. The van der Waals surface area contributed by atoms with Crippen molar-refractivity contribution < 1.29 is 43.8 Å². The lowest BCUT2D eigenvalue weighted by molar-refractivity contribution is -0.307. The zero-order chi connectivity index (χ0) is 22.1. The van der Waals surface area contributed by atoms with Gasteiger partial charge in [0.2, 0.25) is 5.91 Å². The molecule has 1 fully saturated rings. The fourth-order valence-electron chi connectivity index (χ4n) is 3.12. The van der Waals surface area contributed by atoms with E-state index in [1.165, 1.54) is 14.0 Å². The Morgan fingerprint density at radius 1 is 1.14 bits per heavy atom. The molecule has 10 heteroatoms. The third-order valence-corrected chi connectivity index (χ3v) is 4.96. The summed E-state index contributed by atoms with van der Waals surface area (Å²) in [5.74, 6) is -0.0452. The number of ether oxygens (including phenoxy) is 5. The molecule has 0 bridgehead atoms. The molecule has 0 spiro atoms. The summed E-state index contributed by atoms with van der Waals surface area (Å²) in [6.07, 6.45) is -6.19. The van der Waals surface area contributed by atoms with Crippen molar-refractivity contribution in [2.24, 2.45) is 5.92 Å². The quantitative estimate of drug-likeness (QED) is 0.313. The van der Waals surface area contributed by atoms with Crippen LogP contribution in [0, 0.1) is 5.92 Å². The summed E-state index contributed by atoms with van der Waals surface area (Å²) in [5, 5.41) is 32.4. The van der Waals surface area contributed by atoms with Crippen molar-refractivity contribution in [3.8, 4) is 0 Å². The minimum atomic E-state index is -1.31. The normalized spacial score (nSPS) is 30.8. The number of aliphatic hydroxyl groups is 3. The summed E-state index contributed by atoms with van der Waals surface area (Å²) >= 11 is 0. The van der Waals surface area contributed by atoms with Gasteiger partial charge in [0.05, 0.1) is 38.1 Å². The molecule has 0 aromatic heterocycles. The van der Waals surface area contributed by atoms with Gasteiger partial charge < -0.3 is 44.3 Å². The molecule has 1 saturated heterocycles. The van der Waals surface area contributed by atoms with Crippen LogP contribution < -0.4 is 5.32 Å². The van der Waals surface area contributed by atoms with Gasteiger partial charge in [-0.25, -0.2) is 0 Å². The van der Waals surface area contributed by atoms with Crippen LogP contribution >= 0.6 is 0 Å². The number of nitrogens with one attached hydrogen (secondary N) is 1. The molecule has 0 aromatic rings. The summed E-state index contributed by atoms with van der Waals surface area (Å²) in [6, 6.07) is -0.511. The molecule has 0 saturated carbocycles. The van der Waals surface area contributed by atoms with Crippen molar-refractivity contribution >= 4 is 5.91 Å². The van der Waals surface area contributed by atoms with Crippen LogP contribution in [0.3, 0.4) is 0 Å². The molecule has 1 aliphatic heterocycles. The predicted molar refractivity (Wildman–Crippen MR) is 103 cm³/mol. The van der Waals surface area contributed by atoms with Gasteiger partial charge in [-0.1, -0.05) is 13.8 Å². The van der Waals surface area contributed by atoms with Gasteiger partial charge in [0.25, 0.3) is 0 Å². The Labute approximate surface area is 172 Å². The third-order valence-electron chi connectivity index (χ3n) is 4.96. The van der Waals surface area contributed by atoms with Crippen LogP contribution in [0.2, 0.25) is 0 Å². The molecular formula is C19H37NO9. The molecule has 1 amide bonds. The van der Waals surface area contributed by atoms with E-state index in [0.29, 0.717) is 6.61 Å². The first-order valence-corrected chi connectivity index (χ1v) is 9.84. The van der Waals surface area contributed by atoms with Crippen molar-refractivity contribution in [3.63, 3.8) is 0 Å². The highest BCUT2D eigenvalue weighted by Gasteiger charge is 2.45. The van der Waals surface area contributed by atoms with E-state index in [4.69, 9.17) is 23.7 Å². The van der Waals surface area contributed by atoms with E-state index in [-0.39, 0.29) is 24.5 Å². The zero-order valence-electron chi connectivity index (χ0n) is 18.1. The highest BCUT2D eigenvalue weighted by atomic mass is 16.7. The van der Waals surface area contributed by atoms with Crippen LogP contribution in [0.1, 0.15) is 27.7 Å². The lowest BCUT2D eigenvalue weighted by Crippen LogP contribution is -2.60. The molecule has 4 N–H and O–H groups in total. The zero-order valence-corrected chi connectivity index (χ0v) is 18.1.